The van der Waals surface area contributed by atoms with Crippen molar-refractivity contribution in [1.29, 1.82) is 0 Å². The van der Waals surface area contributed by atoms with E-state index in [0.717, 1.165) is 24.2 Å². The lowest BCUT2D eigenvalue weighted by molar-refractivity contribution is 0.259. The Morgan fingerprint density at radius 3 is 2.16 bits per heavy atom. The molecule has 0 atom stereocenters. The van der Waals surface area contributed by atoms with Gasteiger partial charge < -0.3 is 4.74 Å². The number of rotatable bonds is 6. The van der Waals surface area contributed by atoms with Crippen LogP contribution in [0.25, 0.3) is 0 Å². The van der Waals surface area contributed by atoms with Crippen LogP contribution in [0.3, 0.4) is 0 Å². The molecule has 0 heterocycles. The number of aryl methyl sites for hydroxylation is 1. The van der Waals surface area contributed by atoms with Gasteiger partial charge in [0.25, 0.3) is 0 Å². The molecule has 0 bridgehead atoms. The summed E-state index contributed by atoms with van der Waals surface area (Å²) < 4.78 is 5.48. The van der Waals surface area contributed by atoms with E-state index in [1.165, 1.54) is 50.5 Å². The molecule has 0 saturated heterocycles. The Balaban J connectivity index is 1.73. The average Bonchev–Trinajstić information content (AvgIpc) is 2.47. The van der Waals surface area contributed by atoms with Crippen LogP contribution in [-0.2, 0) is 6.42 Å². The summed E-state index contributed by atoms with van der Waals surface area (Å²) in [7, 11) is 0. The topological polar surface area (TPSA) is 9.23 Å². The van der Waals surface area contributed by atoms with Crippen molar-refractivity contribution in [1.82, 2.24) is 0 Å². The summed E-state index contributed by atoms with van der Waals surface area (Å²) in [6.45, 7) is 5.12. The van der Waals surface area contributed by atoms with Crippen molar-refractivity contribution in [2.75, 3.05) is 6.61 Å². The molecule has 2 rings (SSSR count). The van der Waals surface area contributed by atoms with E-state index in [9.17, 15) is 0 Å². The van der Waals surface area contributed by atoms with Crippen molar-refractivity contribution in [3.05, 3.63) is 29.8 Å². The highest BCUT2D eigenvalue weighted by Gasteiger charge is 2.19. The highest BCUT2D eigenvalue weighted by atomic mass is 16.5. The molecule has 1 aliphatic rings. The summed E-state index contributed by atoms with van der Waals surface area (Å²) in [4.78, 5) is 0. The van der Waals surface area contributed by atoms with Gasteiger partial charge in [-0.15, -0.1) is 0 Å². The summed E-state index contributed by atoms with van der Waals surface area (Å²) in [5.74, 6) is 2.98. The fourth-order valence-electron chi connectivity index (χ4n) is 3.22. The lowest BCUT2D eigenvalue weighted by atomic mass is 9.78. The zero-order valence-electron chi connectivity index (χ0n) is 12.5. The molecule has 1 saturated carbocycles. The van der Waals surface area contributed by atoms with Crippen LogP contribution in [-0.4, -0.2) is 6.61 Å². The Morgan fingerprint density at radius 1 is 0.947 bits per heavy atom. The fourth-order valence-corrected chi connectivity index (χ4v) is 3.22. The van der Waals surface area contributed by atoms with E-state index in [4.69, 9.17) is 4.74 Å². The molecule has 1 nitrogen and oxygen atoms in total. The highest BCUT2D eigenvalue weighted by molar-refractivity contribution is 5.27. The first-order chi connectivity index (χ1) is 9.31. The summed E-state index contributed by atoms with van der Waals surface area (Å²) in [6.07, 6.45) is 9.81. The molecule has 0 spiro atoms. The second-order valence-corrected chi connectivity index (χ2v) is 5.91. The minimum atomic E-state index is 0.750. The second-order valence-electron chi connectivity index (χ2n) is 5.91. The second kappa shape index (κ2) is 7.57. The molecule has 0 aromatic heterocycles. The Morgan fingerprint density at radius 2 is 1.58 bits per heavy atom. The first-order valence-electron chi connectivity index (χ1n) is 8.03. The largest absolute Gasteiger partial charge is 0.494 e. The van der Waals surface area contributed by atoms with E-state index < -0.39 is 0 Å². The molecule has 1 aromatic carbocycles. The molecule has 1 aliphatic carbocycles. The van der Waals surface area contributed by atoms with Gasteiger partial charge in [-0.25, -0.2) is 0 Å². The maximum atomic E-state index is 5.48. The SMILES string of the molecule is CCOc1ccc(CCC2CCC(CC)CC2)cc1. The van der Waals surface area contributed by atoms with E-state index >= 15 is 0 Å². The van der Waals surface area contributed by atoms with Crippen LogP contribution in [0, 0.1) is 11.8 Å². The first kappa shape index (κ1) is 14.4. The van der Waals surface area contributed by atoms with Gasteiger partial charge in [-0.05, 0) is 49.3 Å². The van der Waals surface area contributed by atoms with Crippen LogP contribution < -0.4 is 4.74 Å². The molecule has 1 aromatic rings. The van der Waals surface area contributed by atoms with Gasteiger partial charge in [0.15, 0.2) is 0 Å². The first-order valence-corrected chi connectivity index (χ1v) is 8.03. The molecule has 0 N–H and O–H groups in total. The smallest absolute Gasteiger partial charge is 0.119 e. The van der Waals surface area contributed by atoms with Crippen LogP contribution in [0.4, 0.5) is 0 Å². The van der Waals surface area contributed by atoms with Gasteiger partial charge >= 0.3 is 0 Å². The minimum absolute atomic E-state index is 0.750. The van der Waals surface area contributed by atoms with Gasteiger partial charge in [-0.2, -0.15) is 0 Å². The maximum Gasteiger partial charge on any atom is 0.119 e. The van der Waals surface area contributed by atoms with Crippen molar-refractivity contribution in [2.24, 2.45) is 11.8 Å². The third kappa shape index (κ3) is 4.56. The molecule has 0 amide bonds. The highest BCUT2D eigenvalue weighted by Crippen LogP contribution is 2.33. The summed E-state index contributed by atoms with van der Waals surface area (Å²) in [6, 6.07) is 8.66. The van der Waals surface area contributed by atoms with Gasteiger partial charge in [0.2, 0.25) is 0 Å². The molecular formula is C18H28O. The van der Waals surface area contributed by atoms with Crippen LogP contribution >= 0.6 is 0 Å². The van der Waals surface area contributed by atoms with E-state index in [1.807, 2.05) is 6.92 Å². The third-order valence-electron chi connectivity index (χ3n) is 4.62. The van der Waals surface area contributed by atoms with Gasteiger partial charge in [-0.1, -0.05) is 51.2 Å². The van der Waals surface area contributed by atoms with E-state index in [2.05, 4.69) is 31.2 Å². The number of hydrogen-bond acceptors (Lipinski definition) is 1. The summed E-state index contributed by atoms with van der Waals surface area (Å²) in [5, 5.41) is 0. The van der Waals surface area contributed by atoms with Crippen LogP contribution in [0.5, 0.6) is 5.75 Å². The predicted octanol–water partition coefficient (Wildman–Crippen LogP) is 5.23. The Labute approximate surface area is 118 Å². The Hall–Kier alpha value is -0.980. The predicted molar refractivity (Wildman–Crippen MR) is 81.7 cm³/mol. The minimum Gasteiger partial charge on any atom is -0.494 e. The molecule has 0 aliphatic heterocycles. The van der Waals surface area contributed by atoms with Gasteiger partial charge in [0.05, 0.1) is 6.61 Å². The molecule has 0 radical (unpaired) electrons. The van der Waals surface area contributed by atoms with Gasteiger partial charge in [-0.3, -0.25) is 0 Å². The van der Waals surface area contributed by atoms with Crippen LogP contribution in [0.15, 0.2) is 24.3 Å². The third-order valence-corrected chi connectivity index (χ3v) is 4.62. The number of ether oxygens (including phenoxy) is 1. The standard InChI is InChI=1S/C18H28O/c1-3-15-5-7-16(8-6-15)9-10-17-11-13-18(14-12-17)19-4-2/h11-16H,3-10H2,1-2H3. The van der Waals surface area contributed by atoms with E-state index in [0.29, 0.717) is 0 Å². The monoisotopic (exact) mass is 260 g/mol. The lowest BCUT2D eigenvalue weighted by Gasteiger charge is -2.27. The van der Waals surface area contributed by atoms with Gasteiger partial charge in [0, 0.05) is 0 Å². The van der Waals surface area contributed by atoms with Crippen LogP contribution in [0.1, 0.15) is 57.9 Å². The van der Waals surface area contributed by atoms with Crippen molar-refractivity contribution < 1.29 is 4.74 Å². The van der Waals surface area contributed by atoms with Crippen LogP contribution in [0.2, 0.25) is 0 Å². The number of benzene rings is 1. The van der Waals surface area contributed by atoms with Crippen molar-refractivity contribution >= 4 is 0 Å². The maximum absolute atomic E-state index is 5.48. The molecule has 1 heteroatoms. The summed E-state index contributed by atoms with van der Waals surface area (Å²) in [5.41, 5.74) is 1.46. The van der Waals surface area contributed by atoms with Gasteiger partial charge in [0.1, 0.15) is 5.75 Å². The van der Waals surface area contributed by atoms with Crippen molar-refractivity contribution in [2.45, 2.75) is 58.8 Å². The fraction of sp³-hybridized carbons (Fsp3) is 0.667. The Bertz CT molecular complexity index is 346. The molecular weight excluding hydrogens is 232 g/mol. The normalized spacial score (nSPS) is 23.3. The average molecular weight is 260 g/mol. The molecule has 1 fully saturated rings. The molecule has 0 unspecified atom stereocenters. The van der Waals surface area contributed by atoms with E-state index in [-0.39, 0.29) is 0 Å². The number of hydrogen-bond donors (Lipinski definition) is 0. The lowest BCUT2D eigenvalue weighted by Crippen LogP contribution is -2.14. The Kier molecular flexibility index (Phi) is 5.75. The molecule has 106 valence electrons. The van der Waals surface area contributed by atoms with Crippen molar-refractivity contribution in [3.8, 4) is 5.75 Å². The zero-order chi connectivity index (χ0) is 13.5. The molecule has 19 heavy (non-hydrogen) atoms. The quantitative estimate of drug-likeness (QED) is 0.680. The zero-order valence-corrected chi connectivity index (χ0v) is 12.5. The van der Waals surface area contributed by atoms with Crippen molar-refractivity contribution in [3.63, 3.8) is 0 Å². The van der Waals surface area contributed by atoms with E-state index in [1.54, 1.807) is 0 Å². The summed E-state index contributed by atoms with van der Waals surface area (Å²) >= 11 is 0.